The molecule has 0 unspecified atom stereocenters. The molecule has 3 aliphatic rings. The van der Waals surface area contributed by atoms with E-state index in [1.165, 1.54) is 11.1 Å². The Morgan fingerprint density at radius 3 is 3.04 bits per heavy atom. The zero-order chi connectivity index (χ0) is 16.4. The van der Waals surface area contributed by atoms with Gasteiger partial charge in [-0.05, 0) is 40.8 Å². The van der Waals surface area contributed by atoms with Crippen LogP contribution in [0, 0.1) is 5.92 Å². The van der Waals surface area contributed by atoms with Crippen LogP contribution in [0.15, 0.2) is 35.5 Å². The Balaban J connectivity index is 1.35. The summed E-state index contributed by atoms with van der Waals surface area (Å²) in [5.74, 6) is 1.70. The molecule has 1 aliphatic heterocycles. The van der Waals surface area contributed by atoms with Crippen molar-refractivity contribution in [2.24, 2.45) is 5.92 Å². The molecule has 1 fully saturated rings. The molecule has 1 N–H and O–H groups in total. The quantitative estimate of drug-likeness (QED) is 0.887. The molecule has 1 aromatic carbocycles. The maximum atomic E-state index is 12.8. The predicted molar refractivity (Wildman–Crippen MR) is 87.2 cm³/mol. The summed E-state index contributed by atoms with van der Waals surface area (Å²) in [5.41, 5.74) is 4.47. The minimum absolute atomic E-state index is 0.00242. The third-order valence-electron chi connectivity index (χ3n) is 5.67. The minimum Gasteiger partial charge on any atom is -0.349 e. The fraction of sp³-hybridized carbons (Fsp3) is 0.412. The first-order valence-electron chi connectivity index (χ1n) is 8.23. The molecule has 2 heterocycles. The summed E-state index contributed by atoms with van der Waals surface area (Å²) < 4.78 is 1.66. The van der Waals surface area contributed by atoms with Crippen molar-refractivity contribution in [3.63, 3.8) is 0 Å². The van der Waals surface area contributed by atoms with Crippen LogP contribution in [0.3, 0.4) is 0 Å². The van der Waals surface area contributed by atoms with E-state index in [9.17, 15) is 4.79 Å². The Kier molecular flexibility index (Phi) is 2.66. The number of allylic oxidation sites excluding steroid dienone is 1. The van der Waals surface area contributed by atoms with E-state index in [0.717, 1.165) is 17.7 Å². The predicted octanol–water partition coefficient (Wildman–Crippen LogP) is 0.851. The van der Waals surface area contributed by atoms with E-state index < -0.39 is 0 Å². The highest BCUT2D eigenvalue weighted by atomic mass is 16.2. The standard InChI is InChI=1S/C17H18N6O/c1-9-13(8-23-17(22(9)2)19-20-21-23)16(24)18-15-12-7-10-5-3-4-6-11(10)14(12)15/h3-6,12,14-15H,7-8H2,1-2H3,(H,18,24)/t12-,14-,15-/m1/s1. The number of nitrogens with one attached hydrogen (secondary N) is 1. The fourth-order valence-electron chi connectivity index (χ4n) is 4.18. The van der Waals surface area contributed by atoms with Crippen molar-refractivity contribution < 1.29 is 4.79 Å². The number of tetrazole rings is 1. The zero-order valence-electron chi connectivity index (χ0n) is 13.6. The number of nitrogens with zero attached hydrogens (tertiary/aromatic N) is 5. The molecular weight excluding hydrogens is 304 g/mol. The molecule has 3 atom stereocenters. The van der Waals surface area contributed by atoms with Crippen LogP contribution < -0.4 is 10.2 Å². The number of rotatable bonds is 2. The normalized spacial score (nSPS) is 26.8. The molecule has 0 saturated heterocycles. The smallest absolute Gasteiger partial charge is 0.251 e. The summed E-state index contributed by atoms with van der Waals surface area (Å²) in [4.78, 5) is 14.7. The summed E-state index contributed by atoms with van der Waals surface area (Å²) in [7, 11) is 1.88. The molecule has 0 bridgehead atoms. The molecule has 0 radical (unpaired) electrons. The number of benzene rings is 1. The zero-order valence-corrected chi connectivity index (χ0v) is 13.6. The molecule has 122 valence electrons. The second kappa shape index (κ2) is 4.66. The van der Waals surface area contributed by atoms with Gasteiger partial charge in [0.25, 0.3) is 5.91 Å². The van der Waals surface area contributed by atoms with Gasteiger partial charge in [0.15, 0.2) is 0 Å². The molecule has 24 heavy (non-hydrogen) atoms. The Bertz CT molecular complexity index is 885. The Morgan fingerprint density at radius 2 is 2.17 bits per heavy atom. The number of anilines is 1. The first-order chi connectivity index (χ1) is 11.6. The number of aromatic nitrogens is 4. The maximum Gasteiger partial charge on any atom is 0.251 e. The molecule has 2 aliphatic carbocycles. The minimum atomic E-state index is -0.00242. The molecule has 7 nitrogen and oxygen atoms in total. The van der Waals surface area contributed by atoms with Crippen molar-refractivity contribution in [3.8, 4) is 0 Å². The third kappa shape index (κ3) is 1.78. The van der Waals surface area contributed by atoms with Crippen molar-refractivity contribution >= 4 is 11.9 Å². The van der Waals surface area contributed by atoms with Gasteiger partial charge in [0.05, 0.1) is 12.1 Å². The highest BCUT2D eigenvalue weighted by Crippen LogP contribution is 2.56. The first-order valence-corrected chi connectivity index (χ1v) is 8.23. The van der Waals surface area contributed by atoms with Crippen LogP contribution in [0.1, 0.15) is 24.0 Å². The summed E-state index contributed by atoms with van der Waals surface area (Å²) in [5, 5.41) is 14.9. The molecule has 5 rings (SSSR count). The lowest BCUT2D eigenvalue weighted by Crippen LogP contribution is -2.37. The van der Waals surface area contributed by atoms with Gasteiger partial charge in [0.1, 0.15) is 0 Å². The van der Waals surface area contributed by atoms with E-state index in [-0.39, 0.29) is 11.9 Å². The fourth-order valence-corrected chi connectivity index (χ4v) is 4.18. The number of fused-ring (bicyclic) bond motifs is 4. The maximum absolute atomic E-state index is 12.8. The third-order valence-corrected chi connectivity index (χ3v) is 5.67. The van der Waals surface area contributed by atoms with Crippen molar-refractivity contribution in [1.29, 1.82) is 0 Å². The van der Waals surface area contributed by atoms with Gasteiger partial charge in [-0.25, -0.2) is 4.68 Å². The van der Waals surface area contributed by atoms with Crippen LogP contribution in [-0.2, 0) is 17.8 Å². The van der Waals surface area contributed by atoms with Gasteiger partial charge in [0.2, 0.25) is 5.95 Å². The molecule has 7 heteroatoms. The average Bonchev–Trinajstić information content (AvgIpc) is 2.96. The van der Waals surface area contributed by atoms with Gasteiger partial charge < -0.3 is 10.2 Å². The van der Waals surface area contributed by atoms with Crippen LogP contribution in [0.4, 0.5) is 5.95 Å². The Hall–Kier alpha value is -2.70. The van der Waals surface area contributed by atoms with E-state index in [0.29, 0.717) is 24.3 Å². The van der Waals surface area contributed by atoms with Crippen molar-refractivity contribution in [2.75, 3.05) is 11.9 Å². The molecule has 1 aromatic heterocycles. The Morgan fingerprint density at radius 1 is 1.33 bits per heavy atom. The molecular formula is C17H18N6O. The van der Waals surface area contributed by atoms with Gasteiger partial charge in [-0.3, -0.25) is 4.79 Å². The van der Waals surface area contributed by atoms with Gasteiger partial charge in [-0.15, -0.1) is 0 Å². The molecule has 0 spiro atoms. The molecule has 2 aromatic rings. The number of carbonyl (C=O) groups is 1. The van der Waals surface area contributed by atoms with E-state index in [4.69, 9.17) is 0 Å². The monoisotopic (exact) mass is 322 g/mol. The van der Waals surface area contributed by atoms with E-state index >= 15 is 0 Å². The van der Waals surface area contributed by atoms with Gasteiger partial charge in [0, 0.05) is 24.7 Å². The lowest BCUT2D eigenvalue weighted by atomic mass is 10.0. The first kappa shape index (κ1) is 13.7. The number of carbonyl (C=O) groups excluding carboxylic acids is 1. The second-order valence-electron chi connectivity index (χ2n) is 6.85. The number of amides is 1. The summed E-state index contributed by atoms with van der Waals surface area (Å²) in [6.07, 6.45) is 1.07. The van der Waals surface area contributed by atoms with Gasteiger partial charge in [-0.1, -0.05) is 29.4 Å². The van der Waals surface area contributed by atoms with E-state index in [1.807, 2.05) is 18.9 Å². The van der Waals surface area contributed by atoms with Crippen molar-refractivity contribution in [2.45, 2.75) is 31.8 Å². The number of hydrogen-bond donors (Lipinski definition) is 1. The van der Waals surface area contributed by atoms with Crippen molar-refractivity contribution in [3.05, 3.63) is 46.7 Å². The highest BCUT2D eigenvalue weighted by Gasteiger charge is 2.56. The lowest BCUT2D eigenvalue weighted by Gasteiger charge is -2.26. The largest absolute Gasteiger partial charge is 0.349 e. The second-order valence-corrected chi connectivity index (χ2v) is 6.85. The van der Waals surface area contributed by atoms with Crippen LogP contribution >= 0.6 is 0 Å². The lowest BCUT2D eigenvalue weighted by molar-refractivity contribution is -0.118. The van der Waals surface area contributed by atoms with Gasteiger partial charge >= 0.3 is 0 Å². The van der Waals surface area contributed by atoms with E-state index in [2.05, 4.69) is 45.1 Å². The highest BCUT2D eigenvalue weighted by molar-refractivity contribution is 5.95. The topological polar surface area (TPSA) is 75.9 Å². The van der Waals surface area contributed by atoms with Crippen LogP contribution in [0.25, 0.3) is 0 Å². The summed E-state index contributed by atoms with van der Waals surface area (Å²) >= 11 is 0. The molecule has 1 amide bonds. The molecule has 1 saturated carbocycles. The number of hydrogen-bond acceptors (Lipinski definition) is 5. The summed E-state index contributed by atoms with van der Waals surface area (Å²) in [6, 6.07) is 8.82. The van der Waals surface area contributed by atoms with Gasteiger partial charge in [-0.2, -0.15) is 0 Å². The van der Waals surface area contributed by atoms with Crippen LogP contribution in [0.5, 0.6) is 0 Å². The van der Waals surface area contributed by atoms with E-state index in [1.54, 1.807) is 4.68 Å². The van der Waals surface area contributed by atoms with Crippen molar-refractivity contribution in [1.82, 2.24) is 25.5 Å². The SMILES string of the molecule is CC1=C(C(=O)N[C@@H]2[C@@H]3Cc4ccccc4[C@H]32)Cn2nnnc2N1C. The summed E-state index contributed by atoms with van der Waals surface area (Å²) in [6.45, 7) is 2.36. The van der Waals surface area contributed by atoms with Crippen LogP contribution in [-0.4, -0.2) is 39.2 Å². The Labute approximate surface area is 139 Å². The van der Waals surface area contributed by atoms with Crippen LogP contribution in [0.2, 0.25) is 0 Å². The average molecular weight is 322 g/mol.